The number of nitrogens with zero attached hydrogens (tertiary/aromatic N) is 7. The van der Waals surface area contributed by atoms with E-state index < -0.39 is 15.5 Å². The van der Waals surface area contributed by atoms with E-state index in [1.54, 1.807) is 18.3 Å². The van der Waals surface area contributed by atoms with Gasteiger partial charge in [0.15, 0.2) is 5.82 Å². The Balaban J connectivity index is 0.000000232. The normalized spacial score (nSPS) is 18.3. The Labute approximate surface area is 456 Å². The van der Waals surface area contributed by atoms with Gasteiger partial charge in [0.25, 0.3) is 0 Å². The number of carbonyl (C=O) groups excluding carboxylic acids is 1. The molecule has 0 bridgehead atoms. The Morgan fingerprint density at radius 1 is 0.818 bits per heavy atom. The predicted molar refractivity (Wildman–Crippen MR) is 303 cm³/mol. The van der Waals surface area contributed by atoms with Gasteiger partial charge in [-0.1, -0.05) is 26.0 Å². The van der Waals surface area contributed by atoms with Crippen LogP contribution < -0.4 is 20.3 Å². The Hall–Kier alpha value is -5.51. The molecule has 77 heavy (non-hydrogen) atoms. The lowest BCUT2D eigenvalue weighted by Gasteiger charge is -2.37. The SMILES string of the molecule is CC1CN(CC=O)CCN1.CN1CC(C)(C)c2ncc(Cc3ccc(F)cc3)cc21.C[C@@H]1CN(CCOCCOCCOCCOc2cc3nccc(Nc4n[nH]c5ccc(F)cc45)c3cc2S(=O)C(C)(C)C)CCN1C. The molecule has 6 aromatic rings. The molecule has 19 heteroatoms. The van der Waals surface area contributed by atoms with Gasteiger partial charge in [0, 0.05) is 111 Å². The van der Waals surface area contributed by atoms with Crippen molar-refractivity contribution >= 4 is 56.1 Å². The number of ether oxygens (including phenoxy) is 4. The Bertz CT molecular complexity index is 2870. The number of fused-ring (bicyclic) bond motifs is 3. The number of halogens is 2. The standard InChI is InChI=1S/C34H47FN6O5S.C17H19FN2.C7H14N2O/c1-24-23-41(11-10-40(24)5)12-13-43-14-15-44-16-17-45-18-19-46-31-22-30-26(21-32(31)47(42)34(2,3)4)28(8-9-36-30)37-33-27-20-25(35)6-7-29(27)38-39-33;1-17(2)11-20(3)15-9-13(10-19-16(15)17)8-12-4-6-14(18)7-5-12;1-7-6-9(4-5-10)3-2-8-7/h6-9,20-22,24H,10-19,23H2,1-5H3,(H2,36,37,38,39);4-7,9-10H,8,11H2,1-3H3;5,7-8H,2-4,6H2,1H3/t24-,47?;;/m1../s1. The second-order valence-electron chi connectivity index (χ2n) is 21.8. The van der Waals surface area contributed by atoms with Crippen LogP contribution in [0.3, 0.4) is 0 Å². The average molecular weight is 1080 g/mol. The zero-order valence-corrected chi connectivity index (χ0v) is 47.3. The van der Waals surface area contributed by atoms with Gasteiger partial charge < -0.3 is 44.2 Å². The van der Waals surface area contributed by atoms with E-state index in [0.717, 1.165) is 76.0 Å². The second-order valence-corrected chi connectivity index (χ2v) is 24.0. The third-order valence-corrected chi connectivity index (χ3v) is 15.7. The molecule has 3 aromatic carbocycles. The van der Waals surface area contributed by atoms with Crippen molar-refractivity contribution in [2.45, 2.75) is 82.0 Å². The number of aromatic amines is 1. The third kappa shape index (κ3) is 17.0. The first-order valence-corrected chi connectivity index (χ1v) is 27.9. The number of hydrogen-bond acceptors (Lipinski definition) is 15. The molecule has 3 aliphatic rings. The zero-order chi connectivity index (χ0) is 55.1. The Morgan fingerprint density at radius 3 is 2.23 bits per heavy atom. The summed E-state index contributed by atoms with van der Waals surface area (Å²) in [6.45, 7) is 26.7. The molecule has 2 fully saturated rings. The van der Waals surface area contributed by atoms with Gasteiger partial charge in [0.05, 0.1) is 90.0 Å². The van der Waals surface area contributed by atoms with Crippen molar-refractivity contribution in [3.05, 3.63) is 108 Å². The topological polar surface area (TPSA) is 163 Å². The van der Waals surface area contributed by atoms with Crippen LogP contribution in [0.5, 0.6) is 5.75 Å². The summed E-state index contributed by atoms with van der Waals surface area (Å²) in [5.41, 5.74) is 6.83. The number of likely N-dealkylation sites (N-methyl/N-ethyl adjacent to an activating group) is 2. The van der Waals surface area contributed by atoms with E-state index >= 15 is 0 Å². The van der Waals surface area contributed by atoms with Crippen molar-refractivity contribution in [2.75, 3.05) is 129 Å². The lowest BCUT2D eigenvalue weighted by atomic mass is 9.91. The van der Waals surface area contributed by atoms with Crippen molar-refractivity contribution in [1.82, 2.24) is 40.2 Å². The van der Waals surface area contributed by atoms with E-state index in [4.69, 9.17) is 18.9 Å². The smallest absolute Gasteiger partial charge is 0.160 e. The molecule has 3 N–H and O–H groups in total. The first-order valence-electron chi connectivity index (χ1n) is 26.8. The molecule has 0 aliphatic carbocycles. The number of hydrogen-bond donors (Lipinski definition) is 3. The first kappa shape index (κ1) is 59.2. The van der Waals surface area contributed by atoms with Crippen LogP contribution in [0, 0.1) is 11.6 Å². The number of carbonyl (C=O) groups is 1. The van der Waals surface area contributed by atoms with Crippen molar-refractivity contribution < 1.29 is 36.7 Å². The highest BCUT2D eigenvalue weighted by Crippen LogP contribution is 2.39. The van der Waals surface area contributed by atoms with Crippen LogP contribution in [0.4, 0.5) is 26.0 Å². The fourth-order valence-electron chi connectivity index (χ4n) is 9.61. The van der Waals surface area contributed by atoms with Crippen molar-refractivity contribution in [3.8, 4) is 5.75 Å². The largest absolute Gasteiger partial charge is 0.490 e. The molecule has 0 amide bonds. The van der Waals surface area contributed by atoms with Crippen LogP contribution in [-0.2, 0) is 41.6 Å². The van der Waals surface area contributed by atoms with Gasteiger partial charge in [-0.15, -0.1) is 0 Å². The lowest BCUT2D eigenvalue weighted by molar-refractivity contribution is -0.109. The van der Waals surface area contributed by atoms with Gasteiger partial charge in [0.2, 0.25) is 0 Å². The van der Waals surface area contributed by atoms with Crippen LogP contribution in [-0.4, -0.2) is 181 Å². The number of aromatic nitrogens is 4. The van der Waals surface area contributed by atoms with E-state index in [0.29, 0.717) is 96.8 Å². The van der Waals surface area contributed by atoms with Crippen molar-refractivity contribution in [3.63, 3.8) is 0 Å². The van der Waals surface area contributed by atoms with Crippen LogP contribution >= 0.6 is 0 Å². The first-order chi connectivity index (χ1) is 36.9. The number of nitrogens with one attached hydrogen (secondary N) is 3. The molecule has 0 saturated carbocycles. The number of anilines is 3. The number of rotatable bonds is 20. The minimum Gasteiger partial charge on any atom is -0.490 e. The fraction of sp³-hybridized carbons (Fsp3) is 0.517. The third-order valence-electron chi connectivity index (χ3n) is 13.9. The summed E-state index contributed by atoms with van der Waals surface area (Å²) in [6.07, 6.45) is 5.38. The monoisotopic (exact) mass is 1080 g/mol. The number of piperazine rings is 2. The molecule has 2 unspecified atom stereocenters. The maximum atomic E-state index is 14.0. The van der Waals surface area contributed by atoms with Crippen LogP contribution in [0.2, 0.25) is 0 Å². The van der Waals surface area contributed by atoms with Crippen LogP contribution in [0.1, 0.15) is 65.3 Å². The van der Waals surface area contributed by atoms with Crippen LogP contribution in [0.15, 0.2) is 84.0 Å². The van der Waals surface area contributed by atoms with E-state index in [2.05, 4.69) is 98.3 Å². The maximum Gasteiger partial charge on any atom is 0.160 e. The molecule has 9 rings (SSSR count). The summed E-state index contributed by atoms with van der Waals surface area (Å²) in [5, 5.41) is 15.2. The van der Waals surface area contributed by atoms with Crippen LogP contribution in [0.25, 0.3) is 21.8 Å². The molecule has 3 atom stereocenters. The van der Waals surface area contributed by atoms with Gasteiger partial charge in [-0.05, 0) is 108 Å². The Kier molecular flexibility index (Phi) is 21.4. The highest BCUT2D eigenvalue weighted by Gasteiger charge is 2.35. The fourth-order valence-corrected chi connectivity index (χ4v) is 10.8. The van der Waals surface area contributed by atoms with Crippen molar-refractivity contribution in [1.29, 1.82) is 0 Å². The molecule has 2 saturated heterocycles. The number of aldehydes is 1. The highest BCUT2D eigenvalue weighted by atomic mass is 32.2. The van der Waals surface area contributed by atoms with Gasteiger partial charge in [0.1, 0.15) is 30.3 Å². The van der Waals surface area contributed by atoms with E-state index in [-0.39, 0.29) is 23.7 Å². The van der Waals surface area contributed by atoms with Crippen molar-refractivity contribution in [2.24, 2.45) is 0 Å². The number of H-pyrrole nitrogens is 1. The summed E-state index contributed by atoms with van der Waals surface area (Å²) in [5.74, 6) is 0.429. The molecular formula is C58H80F2N10O6S. The summed E-state index contributed by atoms with van der Waals surface area (Å²) in [6, 6.07) is 19.9. The minimum atomic E-state index is -1.39. The van der Waals surface area contributed by atoms with E-state index in [9.17, 15) is 17.8 Å². The molecule has 418 valence electrons. The lowest BCUT2D eigenvalue weighted by Crippen LogP contribution is -2.50. The zero-order valence-electron chi connectivity index (χ0n) is 46.5. The summed E-state index contributed by atoms with van der Waals surface area (Å²) < 4.78 is 63.2. The molecule has 3 aliphatic heterocycles. The molecule has 6 heterocycles. The Morgan fingerprint density at radius 2 is 1.53 bits per heavy atom. The molecule has 16 nitrogen and oxygen atoms in total. The number of pyridine rings is 2. The predicted octanol–water partition coefficient (Wildman–Crippen LogP) is 7.98. The quantitative estimate of drug-likeness (QED) is 0.0498. The number of benzene rings is 3. The average Bonchev–Trinajstić information content (AvgIpc) is 3.95. The molecule has 0 radical (unpaired) electrons. The second kappa shape index (κ2) is 27.9. The minimum absolute atomic E-state index is 0.110. The highest BCUT2D eigenvalue weighted by molar-refractivity contribution is 7.86. The summed E-state index contributed by atoms with van der Waals surface area (Å²) in [7, 11) is 2.89. The molecule has 0 spiro atoms. The molecular weight excluding hydrogens is 1000 g/mol. The maximum absolute atomic E-state index is 14.0. The van der Waals surface area contributed by atoms with Gasteiger partial charge in [-0.25, -0.2) is 8.78 Å². The summed E-state index contributed by atoms with van der Waals surface area (Å²) >= 11 is 0. The molecule has 3 aromatic heterocycles. The van der Waals surface area contributed by atoms with Gasteiger partial charge in [-0.2, -0.15) is 5.10 Å². The van der Waals surface area contributed by atoms with E-state index in [1.807, 2.05) is 51.2 Å². The summed E-state index contributed by atoms with van der Waals surface area (Å²) in [4.78, 5) is 29.1. The van der Waals surface area contributed by atoms with E-state index in [1.165, 1.54) is 41.2 Å². The van der Waals surface area contributed by atoms with Gasteiger partial charge in [-0.3, -0.25) is 29.1 Å². The van der Waals surface area contributed by atoms with Gasteiger partial charge >= 0.3 is 0 Å².